The van der Waals surface area contributed by atoms with Gasteiger partial charge in [-0.3, -0.25) is 14.6 Å². The summed E-state index contributed by atoms with van der Waals surface area (Å²) in [6, 6.07) is 10.3. The maximum absolute atomic E-state index is 13.6. The van der Waals surface area contributed by atoms with Gasteiger partial charge in [-0.05, 0) is 81.2 Å². The molecule has 1 amide bonds. The highest BCUT2D eigenvalue weighted by atomic mass is 32.1. The molecule has 1 aromatic carbocycles. The quantitative estimate of drug-likeness (QED) is 0.618. The SMILES string of the molecule is N#Cc1ncc(N2C(=O)C3(CCC3)N(c3ccc(CN4CCC(N)CC4)cc3)C2=S)cc1C(F)(F)F. The van der Waals surface area contributed by atoms with Crippen LogP contribution >= 0.6 is 12.2 Å². The number of amides is 1. The zero-order chi connectivity index (χ0) is 25.7. The van der Waals surface area contributed by atoms with Crippen LogP contribution in [0.15, 0.2) is 36.5 Å². The molecular weight excluding hydrogens is 489 g/mol. The van der Waals surface area contributed by atoms with E-state index in [4.69, 9.17) is 23.2 Å². The van der Waals surface area contributed by atoms with Crippen LogP contribution in [0.5, 0.6) is 0 Å². The molecule has 1 aromatic heterocycles. The first-order valence-electron chi connectivity index (χ1n) is 11.9. The number of thiocarbonyl (C=S) groups is 1. The van der Waals surface area contributed by atoms with E-state index in [0.717, 1.165) is 67.3 Å². The van der Waals surface area contributed by atoms with Gasteiger partial charge in [0.1, 0.15) is 11.6 Å². The third-order valence-corrected chi connectivity index (χ3v) is 7.73. The van der Waals surface area contributed by atoms with Crippen molar-refractivity contribution in [3.05, 3.63) is 53.3 Å². The summed E-state index contributed by atoms with van der Waals surface area (Å²) in [6.45, 7) is 2.69. The van der Waals surface area contributed by atoms with E-state index in [1.54, 1.807) is 4.90 Å². The molecule has 36 heavy (non-hydrogen) atoms. The first-order valence-corrected chi connectivity index (χ1v) is 12.3. The third-order valence-electron chi connectivity index (χ3n) is 7.37. The normalized spacial score (nSPS) is 20.6. The number of benzene rings is 1. The van der Waals surface area contributed by atoms with Crippen LogP contribution in [0.1, 0.15) is 48.9 Å². The molecule has 2 aliphatic heterocycles. The van der Waals surface area contributed by atoms with Crippen molar-refractivity contribution in [3.8, 4) is 6.07 Å². The Labute approximate surface area is 212 Å². The largest absolute Gasteiger partial charge is 0.419 e. The van der Waals surface area contributed by atoms with Crippen LogP contribution in [0, 0.1) is 11.3 Å². The van der Waals surface area contributed by atoms with Crippen molar-refractivity contribution in [1.29, 1.82) is 5.26 Å². The van der Waals surface area contributed by atoms with E-state index < -0.39 is 23.0 Å². The smallest absolute Gasteiger partial charge is 0.328 e. The van der Waals surface area contributed by atoms with E-state index in [0.29, 0.717) is 12.8 Å². The molecule has 0 radical (unpaired) electrons. The van der Waals surface area contributed by atoms with E-state index in [1.165, 1.54) is 6.07 Å². The first-order chi connectivity index (χ1) is 17.1. The molecule has 3 heterocycles. The monoisotopic (exact) mass is 514 g/mol. The van der Waals surface area contributed by atoms with Crippen LogP contribution in [-0.4, -0.2) is 45.6 Å². The van der Waals surface area contributed by atoms with E-state index in [-0.39, 0.29) is 22.7 Å². The molecule has 1 spiro atoms. The number of carbonyl (C=O) groups excluding carboxylic acids is 1. The van der Waals surface area contributed by atoms with Gasteiger partial charge in [0.05, 0.1) is 17.4 Å². The van der Waals surface area contributed by atoms with Crippen LogP contribution < -0.4 is 15.5 Å². The Morgan fingerprint density at radius 2 is 1.83 bits per heavy atom. The van der Waals surface area contributed by atoms with Crippen LogP contribution in [-0.2, 0) is 17.5 Å². The highest BCUT2D eigenvalue weighted by molar-refractivity contribution is 7.81. The van der Waals surface area contributed by atoms with Gasteiger partial charge in [0.2, 0.25) is 0 Å². The summed E-state index contributed by atoms with van der Waals surface area (Å²) < 4.78 is 40.6. The molecule has 3 aliphatic rings. The molecule has 2 N–H and O–H groups in total. The number of halogens is 3. The highest BCUT2D eigenvalue weighted by Crippen LogP contribution is 2.48. The number of anilines is 2. The van der Waals surface area contributed by atoms with Gasteiger partial charge in [0.15, 0.2) is 10.8 Å². The maximum atomic E-state index is 13.6. The van der Waals surface area contributed by atoms with Crippen molar-refractivity contribution in [3.63, 3.8) is 0 Å². The van der Waals surface area contributed by atoms with Gasteiger partial charge in [0, 0.05) is 18.3 Å². The van der Waals surface area contributed by atoms with Crippen LogP contribution in [0.4, 0.5) is 24.5 Å². The number of nitrogens with zero attached hydrogens (tertiary/aromatic N) is 5. The Morgan fingerprint density at radius 1 is 1.17 bits per heavy atom. The summed E-state index contributed by atoms with van der Waals surface area (Å²) in [4.78, 5) is 22.5. The Bertz CT molecular complexity index is 1230. The number of piperidine rings is 1. The summed E-state index contributed by atoms with van der Waals surface area (Å²) >= 11 is 5.66. The number of hydrogen-bond donors (Lipinski definition) is 1. The van der Waals surface area contributed by atoms with Gasteiger partial charge in [0.25, 0.3) is 5.91 Å². The molecule has 5 rings (SSSR count). The topological polar surface area (TPSA) is 89.5 Å². The average molecular weight is 515 g/mol. The average Bonchev–Trinajstić information content (AvgIpc) is 3.07. The fourth-order valence-corrected chi connectivity index (χ4v) is 5.68. The van der Waals surface area contributed by atoms with Crippen molar-refractivity contribution < 1.29 is 18.0 Å². The number of likely N-dealkylation sites (tertiary alicyclic amines) is 1. The molecule has 0 bridgehead atoms. The number of nitrogens with two attached hydrogens (primary N) is 1. The van der Waals surface area contributed by atoms with Crippen molar-refractivity contribution in [1.82, 2.24) is 9.88 Å². The van der Waals surface area contributed by atoms with Crippen LogP contribution in [0.25, 0.3) is 0 Å². The summed E-state index contributed by atoms with van der Waals surface area (Å²) in [7, 11) is 0. The molecule has 11 heteroatoms. The van der Waals surface area contributed by atoms with Crippen LogP contribution in [0.3, 0.4) is 0 Å². The number of pyridine rings is 1. The number of hydrogen-bond acceptors (Lipinski definition) is 6. The van der Waals surface area contributed by atoms with Gasteiger partial charge < -0.3 is 10.6 Å². The Kier molecular flexibility index (Phi) is 6.22. The zero-order valence-electron chi connectivity index (χ0n) is 19.5. The van der Waals surface area contributed by atoms with Gasteiger partial charge in [-0.1, -0.05) is 12.1 Å². The first kappa shape index (κ1) is 24.6. The van der Waals surface area contributed by atoms with Crippen molar-refractivity contribution in [2.24, 2.45) is 5.73 Å². The number of aromatic nitrogens is 1. The van der Waals surface area contributed by atoms with E-state index in [9.17, 15) is 18.0 Å². The number of nitriles is 1. The predicted molar refractivity (Wildman–Crippen MR) is 132 cm³/mol. The zero-order valence-corrected chi connectivity index (χ0v) is 20.3. The molecule has 0 unspecified atom stereocenters. The van der Waals surface area contributed by atoms with Crippen molar-refractivity contribution >= 4 is 34.6 Å². The lowest BCUT2D eigenvalue weighted by atomic mass is 9.75. The van der Waals surface area contributed by atoms with Crippen molar-refractivity contribution in [2.45, 2.75) is 56.4 Å². The second kappa shape index (κ2) is 9.10. The van der Waals surface area contributed by atoms with E-state index >= 15 is 0 Å². The van der Waals surface area contributed by atoms with E-state index in [1.807, 2.05) is 24.3 Å². The maximum Gasteiger partial charge on any atom is 0.419 e. The summed E-state index contributed by atoms with van der Waals surface area (Å²) in [6.07, 6.45) is 0.167. The molecule has 2 saturated heterocycles. The lowest BCUT2D eigenvalue weighted by Gasteiger charge is -2.43. The Balaban J connectivity index is 1.43. The van der Waals surface area contributed by atoms with Gasteiger partial charge in [-0.25, -0.2) is 4.98 Å². The summed E-state index contributed by atoms with van der Waals surface area (Å²) in [5.41, 5.74) is 4.88. The molecule has 1 aliphatic carbocycles. The minimum absolute atomic E-state index is 0.0926. The lowest BCUT2D eigenvalue weighted by molar-refractivity contribution is -0.138. The van der Waals surface area contributed by atoms with E-state index in [2.05, 4.69) is 9.88 Å². The Morgan fingerprint density at radius 3 is 2.39 bits per heavy atom. The second-order valence-electron chi connectivity index (χ2n) is 9.62. The lowest BCUT2D eigenvalue weighted by Crippen LogP contribution is -2.55. The second-order valence-corrected chi connectivity index (χ2v) is 9.99. The fraction of sp³-hybridized carbons (Fsp3) is 0.440. The fourth-order valence-electron chi connectivity index (χ4n) is 5.21. The molecule has 1 saturated carbocycles. The number of rotatable bonds is 4. The predicted octanol–water partition coefficient (Wildman–Crippen LogP) is 3.96. The van der Waals surface area contributed by atoms with Crippen molar-refractivity contribution in [2.75, 3.05) is 22.9 Å². The standard InChI is InChI=1S/C25H25F3N6OS/c26-25(27,28)20-12-19(14-31-21(20)13-29)33-22(35)24(8-1-9-24)34(23(33)36)18-4-2-16(3-5-18)15-32-10-6-17(30)7-11-32/h2-5,12,14,17H,1,6-11,15,30H2. The summed E-state index contributed by atoms with van der Waals surface area (Å²) in [5, 5.41) is 9.17. The number of carbonyl (C=O) groups is 1. The third kappa shape index (κ3) is 4.13. The molecule has 188 valence electrons. The molecule has 3 fully saturated rings. The minimum atomic E-state index is -4.79. The highest BCUT2D eigenvalue weighted by Gasteiger charge is 2.59. The molecule has 2 aromatic rings. The molecular formula is C25H25F3N6OS. The number of alkyl halides is 3. The molecule has 7 nitrogen and oxygen atoms in total. The van der Waals surface area contributed by atoms with Gasteiger partial charge >= 0.3 is 6.18 Å². The van der Waals surface area contributed by atoms with Gasteiger partial charge in [-0.15, -0.1) is 0 Å². The minimum Gasteiger partial charge on any atom is -0.328 e. The molecule has 0 atom stereocenters. The summed E-state index contributed by atoms with van der Waals surface area (Å²) in [5.74, 6) is -0.368. The van der Waals surface area contributed by atoms with Crippen LogP contribution in [0.2, 0.25) is 0 Å². The Hall–Kier alpha value is -3.07. The van der Waals surface area contributed by atoms with Gasteiger partial charge in [-0.2, -0.15) is 18.4 Å².